The van der Waals surface area contributed by atoms with E-state index in [-0.39, 0.29) is 21.5 Å². The minimum atomic E-state index is -6.14. The fourth-order valence-electron chi connectivity index (χ4n) is 3.53. The predicted molar refractivity (Wildman–Crippen MR) is 110 cm³/mol. The number of nitro benzene ring substituents is 1. The summed E-state index contributed by atoms with van der Waals surface area (Å²) in [4.78, 5) is 22.5. The van der Waals surface area contributed by atoms with Crippen molar-refractivity contribution in [1.82, 2.24) is 0 Å². The van der Waals surface area contributed by atoms with Gasteiger partial charge in [-0.3, -0.25) is 14.7 Å². The molecule has 0 saturated carbocycles. The molecule has 0 unspecified atom stereocenters. The summed E-state index contributed by atoms with van der Waals surface area (Å²) in [7, 11) is -4.93. The molecule has 0 saturated heterocycles. The highest BCUT2D eigenvalue weighted by molar-refractivity contribution is 7.86. The zero-order valence-corrected chi connectivity index (χ0v) is 18.2. The third kappa shape index (κ3) is 4.66. The Labute approximate surface area is 196 Å². The molecular weight excluding hydrogens is 528 g/mol. The average molecular weight is 541 g/mol. The third-order valence-electron chi connectivity index (χ3n) is 5.29. The van der Waals surface area contributed by atoms with Crippen LogP contribution in [-0.2, 0) is 14.9 Å². The highest BCUT2D eigenvalue weighted by Crippen LogP contribution is 2.45. The first-order chi connectivity index (χ1) is 16.4. The minimum Gasteiger partial charge on any atom is -0.462 e. The number of rotatable bonds is 6. The highest BCUT2D eigenvalue weighted by Gasteiger charge is 2.70. The molecular formula is C20H13F6NO8S. The monoisotopic (exact) mass is 541 g/mol. The second kappa shape index (κ2) is 8.86. The number of aliphatic hydroxyl groups is 1. The molecule has 3 rings (SSSR count). The summed E-state index contributed by atoms with van der Waals surface area (Å²) in [6.07, 6.45) is -14.4. The third-order valence-corrected chi connectivity index (χ3v) is 6.18. The zero-order chi connectivity index (χ0) is 27.3. The number of non-ortho nitro benzene ring substituents is 1. The summed E-state index contributed by atoms with van der Waals surface area (Å²) < 4.78 is 115. The molecule has 194 valence electrons. The van der Waals surface area contributed by atoms with Crippen molar-refractivity contribution in [3.8, 4) is 0 Å². The van der Waals surface area contributed by atoms with E-state index in [2.05, 4.69) is 4.74 Å². The Morgan fingerprint density at radius 1 is 0.972 bits per heavy atom. The number of esters is 1. The molecule has 9 nitrogen and oxygen atoms in total. The maximum atomic E-state index is 12.8. The van der Waals surface area contributed by atoms with Gasteiger partial charge < -0.3 is 9.84 Å². The van der Waals surface area contributed by atoms with Gasteiger partial charge in [0.1, 0.15) is 4.90 Å². The second-order valence-corrected chi connectivity index (χ2v) is 8.84. The molecule has 0 aliphatic carbocycles. The first-order valence-corrected chi connectivity index (χ1v) is 11.0. The molecule has 0 fully saturated rings. The molecule has 0 aromatic heterocycles. The molecule has 0 amide bonds. The van der Waals surface area contributed by atoms with Gasteiger partial charge in [-0.15, -0.1) is 0 Å². The van der Waals surface area contributed by atoms with Crippen LogP contribution < -0.4 is 0 Å². The van der Waals surface area contributed by atoms with Crippen LogP contribution in [0.2, 0.25) is 0 Å². The number of fused-ring (bicyclic) bond motifs is 3. The number of halogens is 6. The number of alkyl halides is 6. The van der Waals surface area contributed by atoms with Crippen molar-refractivity contribution in [2.45, 2.75) is 29.3 Å². The van der Waals surface area contributed by atoms with Gasteiger partial charge in [-0.25, -0.2) is 4.79 Å². The number of carbonyl (C=O) groups excluding carboxylic acids is 1. The van der Waals surface area contributed by atoms with E-state index in [9.17, 15) is 54.2 Å². The van der Waals surface area contributed by atoms with E-state index < -0.39 is 68.1 Å². The number of nitro groups is 1. The van der Waals surface area contributed by atoms with E-state index in [0.29, 0.717) is 0 Å². The fraction of sp³-hybridized carbons (Fsp3) is 0.250. The summed E-state index contributed by atoms with van der Waals surface area (Å²) >= 11 is 0. The fourth-order valence-corrected chi connectivity index (χ4v) is 4.26. The van der Waals surface area contributed by atoms with Crippen molar-refractivity contribution < 1.29 is 58.9 Å². The van der Waals surface area contributed by atoms with Gasteiger partial charge in [-0.05, 0) is 23.6 Å². The van der Waals surface area contributed by atoms with Crippen molar-refractivity contribution >= 4 is 43.3 Å². The van der Waals surface area contributed by atoms with Crippen LogP contribution in [0.15, 0.2) is 47.4 Å². The van der Waals surface area contributed by atoms with Gasteiger partial charge in [-0.1, -0.05) is 18.2 Å². The predicted octanol–water partition coefficient (Wildman–Crippen LogP) is 4.55. The van der Waals surface area contributed by atoms with Crippen molar-refractivity contribution in [3.05, 3.63) is 58.1 Å². The lowest BCUT2D eigenvalue weighted by atomic mass is 9.96. The number of ether oxygens (including phenoxy) is 1. The van der Waals surface area contributed by atoms with Crippen LogP contribution in [0.3, 0.4) is 0 Å². The Kier molecular flexibility index (Phi) is 6.67. The van der Waals surface area contributed by atoms with Gasteiger partial charge >= 0.3 is 18.3 Å². The molecule has 36 heavy (non-hydrogen) atoms. The summed E-state index contributed by atoms with van der Waals surface area (Å²) in [5, 5.41) is 19.7. The van der Waals surface area contributed by atoms with Crippen molar-refractivity contribution in [1.29, 1.82) is 0 Å². The molecule has 0 aliphatic rings. The van der Waals surface area contributed by atoms with E-state index >= 15 is 0 Å². The number of hydrogen-bond acceptors (Lipinski definition) is 7. The summed E-state index contributed by atoms with van der Waals surface area (Å²) in [6.45, 7) is -1.54. The lowest BCUT2D eigenvalue weighted by Crippen LogP contribution is -2.57. The van der Waals surface area contributed by atoms with Crippen molar-refractivity contribution in [2.24, 2.45) is 0 Å². The Bertz CT molecular complexity index is 1470. The van der Waals surface area contributed by atoms with Gasteiger partial charge in [0.15, 0.2) is 0 Å². The van der Waals surface area contributed by atoms with Gasteiger partial charge in [-0.2, -0.15) is 34.8 Å². The SMILES string of the molecule is O=C(OCCC(O)(C(F)(F)F)C(F)(F)F)c1cccc2c1cc([N+](=O)[O-])c1cccc(S(=O)(=O)O)c12. The molecule has 2 N–H and O–H groups in total. The maximum absolute atomic E-state index is 12.8. The van der Waals surface area contributed by atoms with Crippen LogP contribution in [0.1, 0.15) is 16.8 Å². The van der Waals surface area contributed by atoms with Crippen LogP contribution in [0.5, 0.6) is 0 Å². The smallest absolute Gasteiger partial charge is 0.426 e. The molecule has 3 aromatic carbocycles. The lowest BCUT2D eigenvalue weighted by molar-refractivity contribution is -0.382. The first kappa shape index (κ1) is 27.1. The molecule has 3 aromatic rings. The molecule has 0 bridgehead atoms. The van der Waals surface area contributed by atoms with E-state index in [1.54, 1.807) is 0 Å². The number of hydrogen-bond donors (Lipinski definition) is 2. The summed E-state index contributed by atoms with van der Waals surface area (Å²) in [5.41, 5.74) is -6.45. The van der Waals surface area contributed by atoms with Crippen LogP contribution in [-0.4, -0.2) is 53.5 Å². The van der Waals surface area contributed by atoms with Gasteiger partial charge in [0.05, 0.1) is 22.5 Å². The molecule has 0 heterocycles. The molecule has 0 spiro atoms. The highest BCUT2D eigenvalue weighted by atomic mass is 32.2. The lowest BCUT2D eigenvalue weighted by Gasteiger charge is -2.32. The minimum absolute atomic E-state index is 0.125. The Balaban J connectivity index is 2.12. The van der Waals surface area contributed by atoms with Crippen molar-refractivity contribution in [2.75, 3.05) is 6.61 Å². The van der Waals surface area contributed by atoms with Crippen LogP contribution in [0.4, 0.5) is 32.0 Å². The van der Waals surface area contributed by atoms with Gasteiger partial charge in [0.25, 0.3) is 21.4 Å². The van der Waals surface area contributed by atoms with Crippen LogP contribution in [0.25, 0.3) is 21.5 Å². The van der Waals surface area contributed by atoms with E-state index in [4.69, 9.17) is 5.11 Å². The number of nitrogens with zero attached hydrogens (tertiary/aromatic N) is 1. The number of benzene rings is 3. The number of carbonyl (C=O) groups is 1. The van der Waals surface area contributed by atoms with E-state index in [1.807, 2.05) is 0 Å². The molecule has 0 radical (unpaired) electrons. The average Bonchev–Trinajstić information content (AvgIpc) is 2.75. The van der Waals surface area contributed by atoms with Crippen LogP contribution in [0, 0.1) is 10.1 Å². The Hall–Kier alpha value is -3.50. The zero-order valence-electron chi connectivity index (χ0n) is 17.4. The second-order valence-electron chi connectivity index (χ2n) is 7.45. The van der Waals surface area contributed by atoms with Gasteiger partial charge in [0.2, 0.25) is 0 Å². The topological polar surface area (TPSA) is 144 Å². The van der Waals surface area contributed by atoms with E-state index in [0.717, 1.165) is 30.3 Å². The molecule has 0 aliphatic heterocycles. The normalized spacial score (nSPS) is 13.2. The molecule has 16 heteroatoms. The standard InChI is InChI=1S/C20H13F6NO8S/c21-19(22,23)18(29,20(24,25)26)7-8-35-17(28)11-4-1-3-10-13(11)9-14(27(30)31)12-5-2-6-15(16(10)12)36(32,33)34/h1-6,9,29H,7-8H2,(H,32,33,34). The largest absolute Gasteiger partial charge is 0.462 e. The molecule has 0 atom stereocenters. The van der Waals surface area contributed by atoms with Gasteiger partial charge in [0, 0.05) is 23.3 Å². The van der Waals surface area contributed by atoms with Crippen molar-refractivity contribution in [3.63, 3.8) is 0 Å². The maximum Gasteiger partial charge on any atom is 0.426 e. The Morgan fingerprint density at radius 3 is 2.06 bits per heavy atom. The summed E-state index contributed by atoms with van der Waals surface area (Å²) in [6, 6.07) is 7.40. The quantitative estimate of drug-likeness (QED) is 0.116. The van der Waals surface area contributed by atoms with E-state index in [1.165, 1.54) is 12.1 Å². The van der Waals surface area contributed by atoms with Crippen LogP contribution >= 0.6 is 0 Å². The summed E-state index contributed by atoms with van der Waals surface area (Å²) in [5.74, 6) is -1.51. The first-order valence-electron chi connectivity index (χ1n) is 9.53. The Morgan fingerprint density at radius 2 is 1.53 bits per heavy atom.